The molecule has 1 aliphatic heterocycles. The summed E-state index contributed by atoms with van der Waals surface area (Å²) >= 11 is 0. The Morgan fingerprint density at radius 1 is 1.03 bits per heavy atom. The van der Waals surface area contributed by atoms with Crippen molar-refractivity contribution in [3.63, 3.8) is 0 Å². The number of ether oxygens (including phenoxy) is 3. The Kier molecular flexibility index (Phi) is 7.40. The Morgan fingerprint density at radius 3 is 2.53 bits per heavy atom. The van der Waals surface area contributed by atoms with Gasteiger partial charge in [-0.2, -0.15) is 0 Å². The van der Waals surface area contributed by atoms with Gasteiger partial charge in [-0.3, -0.25) is 0 Å². The second-order valence-corrected chi connectivity index (χ2v) is 8.54. The second-order valence-electron chi connectivity index (χ2n) is 8.54. The van der Waals surface area contributed by atoms with Crippen LogP contribution in [-0.2, 0) is 11.2 Å². The maximum Gasteiger partial charge on any atom is 0.410 e. The molecule has 1 saturated heterocycles. The minimum Gasteiger partial charge on any atom is -0.493 e. The van der Waals surface area contributed by atoms with Crippen molar-refractivity contribution in [2.45, 2.75) is 51.2 Å². The molecule has 6 heteroatoms. The molecule has 0 N–H and O–H groups in total. The van der Waals surface area contributed by atoms with Gasteiger partial charge in [-0.05, 0) is 56.7 Å². The van der Waals surface area contributed by atoms with Gasteiger partial charge in [0.2, 0.25) is 0 Å². The molecule has 1 heterocycles. The number of anilines is 1. The first-order valence-corrected chi connectivity index (χ1v) is 11.7. The lowest BCUT2D eigenvalue weighted by Crippen LogP contribution is -2.56. The first-order chi connectivity index (χ1) is 15.7. The Morgan fingerprint density at radius 2 is 1.81 bits per heavy atom. The molecule has 172 valence electrons. The summed E-state index contributed by atoms with van der Waals surface area (Å²) < 4.78 is 17.2. The number of nitrogens with zero attached hydrogens (tertiary/aromatic N) is 2. The topological polar surface area (TPSA) is 51.2 Å². The summed E-state index contributed by atoms with van der Waals surface area (Å²) in [5.74, 6) is 1.58. The third kappa shape index (κ3) is 5.29. The van der Waals surface area contributed by atoms with E-state index in [0.29, 0.717) is 13.2 Å². The molecule has 4 rings (SSSR count). The molecule has 0 spiro atoms. The standard InChI is InChI=1S/C26H34N2O4/c1-3-31-26(29)28-16-15-27(19-22(28)17-20-9-5-4-6-10-20)21-13-14-24(30-2)25(18-21)32-23-11-7-8-12-23/h4-6,9-10,13-14,18,22-23H,3,7-8,11-12,15-17,19H2,1-2H3/t22-/m0/s1. The Bertz CT molecular complexity index is 883. The summed E-state index contributed by atoms with van der Waals surface area (Å²) in [5.41, 5.74) is 2.31. The predicted octanol–water partition coefficient (Wildman–Crippen LogP) is 4.91. The first-order valence-electron chi connectivity index (χ1n) is 11.7. The minimum atomic E-state index is -0.229. The zero-order valence-corrected chi connectivity index (χ0v) is 19.2. The molecule has 32 heavy (non-hydrogen) atoms. The summed E-state index contributed by atoms with van der Waals surface area (Å²) in [6.07, 6.45) is 5.49. The van der Waals surface area contributed by atoms with Crippen molar-refractivity contribution in [1.29, 1.82) is 0 Å². The molecule has 1 aliphatic carbocycles. The van der Waals surface area contributed by atoms with E-state index in [9.17, 15) is 4.79 Å². The summed E-state index contributed by atoms with van der Waals surface area (Å²) in [7, 11) is 1.69. The lowest BCUT2D eigenvalue weighted by Gasteiger charge is -2.42. The van der Waals surface area contributed by atoms with Crippen molar-refractivity contribution < 1.29 is 19.0 Å². The van der Waals surface area contributed by atoms with Gasteiger partial charge in [0, 0.05) is 31.4 Å². The maximum absolute atomic E-state index is 12.6. The van der Waals surface area contributed by atoms with E-state index in [2.05, 4.69) is 29.2 Å². The van der Waals surface area contributed by atoms with Crippen LogP contribution in [0.5, 0.6) is 11.5 Å². The highest BCUT2D eigenvalue weighted by molar-refractivity contribution is 5.69. The van der Waals surface area contributed by atoms with Gasteiger partial charge in [0.05, 0.1) is 25.9 Å². The minimum absolute atomic E-state index is 0.0338. The smallest absolute Gasteiger partial charge is 0.410 e. The SMILES string of the molecule is CCOC(=O)N1CCN(c2ccc(OC)c(OC3CCCC3)c2)C[C@@H]1Cc1ccccc1. The molecule has 2 fully saturated rings. The molecule has 0 radical (unpaired) electrons. The van der Waals surface area contributed by atoms with E-state index in [1.165, 1.54) is 18.4 Å². The van der Waals surface area contributed by atoms with Crippen LogP contribution in [0.4, 0.5) is 10.5 Å². The molecule has 1 atom stereocenters. The van der Waals surface area contributed by atoms with Crippen LogP contribution >= 0.6 is 0 Å². The zero-order chi connectivity index (χ0) is 22.3. The molecular weight excluding hydrogens is 404 g/mol. The highest BCUT2D eigenvalue weighted by Gasteiger charge is 2.32. The van der Waals surface area contributed by atoms with Crippen LogP contribution < -0.4 is 14.4 Å². The summed E-state index contributed by atoms with van der Waals surface area (Å²) in [4.78, 5) is 16.8. The monoisotopic (exact) mass is 438 g/mol. The van der Waals surface area contributed by atoms with Crippen molar-refractivity contribution in [3.05, 3.63) is 54.1 Å². The Labute approximate surface area is 191 Å². The predicted molar refractivity (Wildman–Crippen MR) is 126 cm³/mol. The molecule has 2 aromatic carbocycles. The molecular formula is C26H34N2O4. The van der Waals surface area contributed by atoms with E-state index < -0.39 is 0 Å². The Balaban J connectivity index is 1.53. The number of carbonyl (C=O) groups is 1. The Hall–Kier alpha value is -2.89. The number of methoxy groups -OCH3 is 1. The van der Waals surface area contributed by atoms with Gasteiger partial charge in [-0.1, -0.05) is 30.3 Å². The third-order valence-corrected chi connectivity index (χ3v) is 6.41. The number of carbonyl (C=O) groups excluding carboxylic acids is 1. The van der Waals surface area contributed by atoms with Crippen LogP contribution in [0, 0.1) is 0 Å². The van der Waals surface area contributed by atoms with Crippen molar-refractivity contribution in [1.82, 2.24) is 4.90 Å². The van der Waals surface area contributed by atoms with Gasteiger partial charge in [0.25, 0.3) is 0 Å². The van der Waals surface area contributed by atoms with E-state index in [1.54, 1.807) is 7.11 Å². The molecule has 1 saturated carbocycles. The average Bonchev–Trinajstić information content (AvgIpc) is 3.33. The van der Waals surface area contributed by atoms with Crippen LogP contribution in [0.3, 0.4) is 0 Å². The van der Waals surface area contributed by atoms with Gasteiger partial charge in [0.15, 0.2) is 11.5 Å². The van der Waals surface area contributed by atoms with E-state index in [1.807, 2.05) is 36.1 Å². The molecule has 2 aliphatic rings. The van der Waals surface area contributed by atoms with Gasteiger partial charge in [-0.15, -0.1) is 0 Å². The van der Waals surface area contributed by atoms with Crippen LogP contribution in [0.15, 0.2) is 48.5 Å². The second kappa shape index (κ2) is 10.6. The zero-order valence-electron chi connectivity index (χ0n) is 19.2. The van der Waals surface area contributed by atoms with Crippen LogP contribution in [0.1, 0.15) is 38.2 Å². The molecule has 2 aromatic rings. The van der Waals surface area contributed by atoms with Crippen molar-refractivity contribution in [2.24, 2.45) is 0 Å². The number of hydrogen-bond donors (Lipinski definition) is 0. The highest BCUT2D eigenvalue weighted by atomic mass is 16.6. The third-order valence-electron chi connectivity index (χ3n) is 6.41. The largest absolute Gasteiger partial charge is 0.493 e. The van der Waals surface area contributed by atoms with Gasteiger partial charge < -0.3 is 24.0 Å². The average molecular weight is 439 g/mol. The number of benzene rings is 2. The number of amides is 1. The van der Waals surface area contributed by atoms with Crippen LogP contribution in [0.2, 0.25) is 0 Å². The summed E-state index contributed by atoms with van der Waals surface area (Å²) in [6, 6.07) is 16.5. The summed E-state index contributed by atoms with van der Waals surface area (Å²) in [6.45, 7) is 4.35. The lowest BCUT2D eigenvalue weighted by molar-refractivity contribution is 0.0854. The summed E-state index contributed by atoms with van der Waals surface area (Å²) in [5, 5.41) is 0. The fourth-order valence-corrected chi connectivity index (χ4v) is 4.74. The van der Waals surface area contributed by atoms with Crippen LogP contribution in [0.25, 0.3) is 0 Å². The van der Waals surface area contributed by atoms with E-state index in [-0.39, 0.29) is 18.2 Å². The first kappa shape index (κ1) is 22.3. The molecule has 0 aromatic heterocycles. The van der Waals surface area contributed by atoms with Crippen molar-refractivity contribution in [2.75, 3.05) is 38.3 Å². The number of rotatable bonds is 7. The molecule has 1 amide bonds. The van der Waals surface area contributed by atoms with Crippen molar-refractivity contribution >= 4 is 11.8 Å². The number of piperazine rings is 1. The van der Waals surface area contributed by atoms with Crippen LogP contribution in [-0.4, -0.2) is 56.5 Å². The highest BCUT2D eigenvalue weighted by Crippen LogP contribution is 2.35. The fraction of sp³-hybridized carbons (Fsp3) is 0.500. The van der Waals surface area contributed by atoms with Gasteiger partial charge in [-0.25, -0.2) is 4.79 Å². The van der Waals surface area contributed by atoms with E-state index in [4.69, 9.17) is 14.2 Å². The quantitative estimate of drug-likeness (QED) is 0.615. The van der Waals surface area contributed by atoms with Gasteiger partial charge >= 0.3 is 6.09 Å². The van der Waals surface area contributed by atoms with E-state index >= 15 is 0 Å². The van der Waals surface area contributed by atoms with E-state index in [0.717, 1.165) is 49.5 Å². The lowest BCUT2D eigenvalue weighted by atomic mass is 10.0. The number of hydrogen-bond acceptors (Lipinski definition) is 5. The van der Waals surface area contributed by atoms with Gasteiger partial charge in [0.1, 0.15) is 0 Å². The molecule has 6 nitrogen and oxygen atoms in total. The maximum atomic E-state index is 12.6. The fourth-order valence-electron chi connectivity index (χ4n) is 4.74. The van der Waals surface area contributed by atoms with Crippen molar-refractivity contribution in [3.8, 4) is 11.5 Å². The normalized spacial score (nSPS) is 19.1. The molecule has 0 bridgehead atoms. The molecule has 0 unspecified atom stereocenters.